The molecule has 6 heteroatoms. The molecular weight excluding hydrogens is 330 g/mol. The maximum absolute atomic E-state index is 12.0. The monoisotopic (exact) mass is 361 g/mol. The Kier molecular flexibility index (Phi) is 7.03. The summed E-state index contributed by atoms with van der Waals surface area (Å²) in [5.74, 6) is 0.504. The normalized spacial score (nSPS) is 16.3. The SMILES string of the molecule is CC(C)(C)c1ccc(OCCNC(=O)CN2CCC(C(N)=O)CC2)cc1. The van der Waals surface area contributed by atoms with E-state index in [1.54, 1.807) is 0 Å². The summed E-state index contributed by atoms with van der Waals surface area (Å²) in [6, 6.07) is 8.07. The van der Waals surface area contributed by atoms with Crippen LogP contribution in [0.25, 0.3) is 0 Å². The number of ether oxygens (including phenoxy) is 1. The van der Waals surface area contributed by atoms with Crippen LogP contribution in [0, 0.1) is 5.92 Å². The van der Waals surface area contributed by atoms with Crippen molar-refractivity contribution >= 4 is 11.8 Å². The number of primary amides is 1. The predicted octanol–water partition coefficient (Wildman–Crippen LogP) is 1.68. The molecule has 26 heavy (non-hydrogen) atoms. The first-order valence-electron chi connectivity index (χ1n) is 9.27. The number of rotatable bonds is 7. The zero-order chi connectivity index (χ0) is 19.2. The Balaban J connectivity index is 1.62. The number of hydrogen-bond donors (Lipinski definition) is 2. The van der Waals surface area contributed by atoms with Crippen molar-refractivity contribution < 1.29 is 14.3 Å². The number of carbonyl (C=O) groups is 2. The first kappa shape index (κ1) is 20.2. The minimum absolute atomic E-state index is 0.0193. The second kappa shape index (κ2) is 9.03. The predicted molar refractivity (Wildman–Crippen MR) is 102 cm³/mol. The van der Waals surface area contributed by atoms with Gasteiger partial charge in [-0.15, -0.1) is 0 Å². The number of piperidine rings is 1. The van der Waals surface area contributed by atoms with Crippen LogP contribution >= 0.6 is 0 Å². The van der Waals surface area contributed by atoms with Crippen LogP contribution in [0.2, 0.25) is 0 Å². The smallest absolute Gasteiger partial charge is 0.234 e. The third-order valence-electron chi connectivity index (χ3n) is 4.77. The summed E-state index contributed by atoms with van der Waals surface area (Å²) in [5, 5.41) is 2.87. The first-order valence-corrected chi connectivity index (χ1v) is 9.27. The number of amides is 2. The fraction of sp³-hybridized carbons (Fsp3) is 0.600. The maximum atomic E-state index is 12.0. The van der Waals surface area contributed by atoms with E-state index >= 15 is 0 Å². The Hall–Kier alpha value is -2.08. The molecule has 0 aliphatic carbocycles. The molecule has 0 spiro atoms. The van der Waals surface area contributed by atoms with Gasteiger partial charge in [-0.3, -0.25) is 14.5 Å². The van der Waals surface area contributed by atoms with E-state index in [4.69, 9.17) is 10.5 Å². The lowest BCUT2D eigenvalue weighted by Gasteiger charge is -2.29. The summed E-state index contributed by atoms with van der Waals surface area (Å²) in [5.41, 5.74) is 6.71. The zero-order valence-corrected chi connectivity index (χ0v) is 16.1. The van der Waals surface area contributed by atoms with Crippen molar-refractivity contribution in [3.63, 3.8) is 0 Å². The highest BCUT2D eigenvalue weighted by Gasteiger charge is 2.24. The van der Waals surface area contributed by atoms with E-state index in [9.17, 15) is 9.59 Å². The molecular formula is C20H31N3O3. The van der Waals surface area contributed by atoms with E-state index in [2.05, 4.69) is 43.1 Å². The lowest BCUT2D eigenvalue weighted by Crippen LogP contribution is -2.44. The molecule has 1 saturated heterocycles. The molecule has 144 valence electrons. The second-order valence-electron chi connectivity index (χ2n) is 7.93. The van der Waals surface area contributed by atoms with E-state index in [0.717, 1.165) is 31.7 Å². The molecule has 3 N–H and O–H groups in total. The van der Waals surface area contributed by atoms with Crippen LogP contribution < -0.4 is 15.8 Å². The number of carbonyl (C=O) groups excluding carboxylic acids is 2. The van der Waals surface area contributed by atoms with Gasteiger partial charge in [0, 0.05) is 5.92 Å². The van der Waals surface area contributed by atoms with Gasteiger partial charge in [0.1, 0.15) is 12.4 Å². The van der Waals surface area contributed by atoms with E-state index in [-0.39, 0.29) is 23.1 Å². The largest absolute Gasteiger partial charge is 0.492 e. The highest BCUT2D eigenvalue weighted by atomic mass is 16.5. The molecule has 1 heterocycles. The Morgan fingerprint density at radius 3 is 2.35 bits per heavy atom. The lowest BCUT2D eigenvalue weighted by molar-refractivity contribution is -0.124. The molecule has 1 aliphatic heterocycles. The van der Waals surface area contributed by atoms with Gasteiger partial charge >= 0.3 is 0 Å². The van der Waals surface area contributed by atoms with Crippen LogP contribution in [0.3, 0.4) is 0 Å². The fourth-order valence-corrected chi connectivity index (χ4v) is 3.05. The van der Waals surface area contributed by atoms with Gasteiger partial charge in [-0.25, -0.2) is 0 Å². The van der Waals surface area contributed by atoms with Gasteiger partial charge < -0.3 is 15.8 Å². The van der Waals surface area contributed by atoms with Crippen molar-refractivity contribution in [3.8, 4) is 5.75 Å². The summed E-state index contributed by atoms with van der Waals surface area (Å²) >= 11 is 0. The van der Waals surface area contributed by atoms with Gasteiger partial charge in [-0.1, -0.05) is 32.9 Å². The minimum atomic E-state index is -0.234. The van der Waals surface area contributed by atoms with Crippen molar-refractivity contribution in [2.45, 2.75) is 39.0 Å². The standard InChI is InChI=1S/C20H31N3O3/c1-20(2,3)16-4-6-17(7-5-16)26-13-10-22-18(24)14-23-11-8-15(9-12-23)19(21)25/h4-7,15H,8-14H2,1-3H3,(H2,21,25)(H,22,24). The Bertz CT molecular complexity index is 600. The number of nitrogens with zero attached hydrogens (tertiary/aromatic N) is 1. The highest BCUT2D eigenvalue weighted by molar-refractivity contribution is 5.78. The van der Waals surface area contributed by atoms with E-state index < -0.39 is 0 Å². The third kappa shape index (κ3) is 6.33. The van der Waals surface area contributed by atoms with Crippen LogP contribution in [-0.2, 0) is 15.0 Å². The molecule has 0 saturated carbocycles. The number of hydrogen-bond acceptors (Lipinski definition) is 4. The van der Waals surface area contributed by atoms with Gasteiger partial charge in [0.05, 0.1) is 13.1 Å². The molecule has 0 aromatic heterocycles. The van der Waals surface area contributed by atoms with Crippen molar-refractivity contribution in [2.75, 3.05) is 32.8 Å². The molecule has 1 aliphatic rings. The first-order chi connectivity index (χ1) is 12.3. The molecule has 2 rings (SSSR count). The average molecular weight is 361 g/mol. The summed E-state index contributed by atoms with van der Waals surface area (Å²) in [6.07, 6.45) is 1.46. The quantitative estimate of drug-likeness (QED) is 0.724. The van der Waals surface area contributed by atoms with Gasteiger partial charge in [0.2, 0.25) is 11.8 Å². The molecule has 0 bridgehead atoms. The highest BCUT2D eigenvalue weighted by Crippen LogP contribution is 2.24. The molecule has 1 aromatic rings. The molecule has 0 atom stereocenters. The summed E-state index contributed by atoms with van der Waals surface area (Å²) in [7, 11) is 0. The Morgan fingerprint density at radius 2 is 1.81 bits per heavy atom. The second-order valence-corrected chi connectivity index (χ2v) is 7.93. The molecule has 1 aromatic carbocycles. The fourth-order valence-electron chi connectivity index (χ4n) is 3.05. The van der Waals surface area contributed by atoms with Gasteiger partial charge in [0.15, 0.2) is 0 Å². The van der Waals surface area contributed by atoms with Crippen LogP contribution in [0.4, 0.5) is 0 Å². The van der Waals surface area contributed by atoms with Gasteiger partial charge in [0.25, 0.3) is 0 Å². The van der Waals surface area contributed by atoms with E-state index in [1.807, 2.05) is 12.1 Å². The van der Waals surface area contributed by atoms with E-state index in [1.165, 1.54) is 5.56 Å². The number of nitrogens with two attached hydrogens (primary N) is 1. The van der Waals surface area contributed by atoms with Crippen LogP contribution in [0.1, 0.15) is 39.2 Å². The summed E-state index contributed by atoms with van der Waals surface area (Å²) in [6.45, 7) is 9.25. The van der Waals surface area contributed by atoms with Crippen LogP contribution in [0.5, 0.6) is 5.75 Å². The molecule has 1 fully saturated rings. The minimum Gasteiger partial charge on any atom is -0.492 e. The summed E-state index contributed by atoms with van der Waals surface area (Å²) in [4.78, 5) is 25.2. The zero-order valence-electron chi connectivity index (χ0n) is 16.1. The van der Waals surface area contributed by atoms with Gasteiger partial charge in [-0.05, 0) is 49.0 Å². The van der Waals surface area contributed by atoms with Crippen LogP contribution in [-0.4, -0.2) is 49.5 Å². The van der Waals surface area contributed by atoms with Crippen molar-refractivity contribution in [1.29, 1.82) is 0 Å². The maximum Gasteiger partial charge on any atom is 0.234 e. The molecule has 0 radical (unpaired) electrons. The molecule has 0 unspecified atom stereocenters. The Labute approximate surface area is 156 Å². The third-order valence-corrected chi connectivity index (χ3v) is 4.77. The molecule has 6 nitrogen and oxygen atoms in total. The van der Waals surface area contributed by atoms with Crippen LogP contribution in [0.15, 0.2) is 24.3 Å². The average Bonchev–Trinajstić information content (AvgIpc) is 2.59. The number of nitrogens with one attached hydrogen (secondary N) is 1. The number of likely N-dealkylation sites (tertiary alicyclic amines) is 1. The van der Waals surface area contributed by atoms with Crippen molar-refractivity contribution in [2.24, 2.45) is 11.7 Å². The number of benzene rings is 1. The lowest BCUT2D eigenvalue weighted by atomic mass is 9.87. The van der Waals surface area contributed by atoms with Crippen molar-refractivity contribution in [1.82, 2.24) is 10.2 Å². The Morgan fingerprint density at radius 1 is 1.19 bits per heavy atom. The molecule has 2 amide bonds. The van der Waals surface area contributed by atoms with E-state index in [0.29, 0.717) is 19.7 Å². The van der Waals surface area contributed by atoms with Gasteiger partial charge in [-0.2, -0.15) is 0 Å². The van der Waals surface area contributed by atoms with Crippen molar-refractivity contribution in [3.05, 3.63) is 29.8 Å². The summed E-state index contributed by atoms with van der Waals surface area (Å²) < 4.78 is 5.67. The topological polar surface area (TPSA) is 84.7 Å².